The molecule has 138 valence electrons. The standard InChI is InChI=1S/C17H16ClNO5S2/c1-23-14-7-6-12(10-13(14)18)26(21,22)19-11-17(20,15-4-2-8-24-15)16-5-3-9-25-16/h2-10,19-20H,11H2,1H3/t17-/m0/s1. The summed E-state index contributed by atoms with van der Waals surface area (Å²) < 4.78 is 38.0. The molecule has 6 nitrogen and oxygen atoms in total. The molecule has 1 atom stereocenters. The molecule has 26 heavy (non-hydrogen) atoms. The molecule has 0 saturated carbocycles. The molecule has 2 aromatic heterocycles. The Balaban J connectivity index is 1.88. The van der Waals surface area contributed by atoms with Gasteiger partial charge in [0, 0.05) is 4.88 Å². The van der Waals surface area contributed by atoms with E-state index in [2.05, 4.69) is 4.72 Å². The fourth-order valence-corrected chi connectivity index (χ4v) is 4.66. The molecular weight excluding hydrogens is 398 g/mol. The Morgan fingerprint density at radius 3 is 2.69 bits per heavy atom. The number of hydrogen-bond acceptors (Lipinski definition) is 6. The summed E-state index contributed by atoms with van der Waals surface area (Å²) in [6.07, 6.45) is 1.42. The molecule has 0 aliphatic rings. The zero-order valence-corrected chi connectivity index (χ0v) is 16.1. The second kappa shape index (κ2) is 7.42. The van der Waals surface area contributed by atoms with E-state index in [0.717, 1.165) is 0 Å². The van der Waals surface area contributed by atoms with Crippen molar-refractivity contribution in [1.29, 1.82) is 0 Å². The lowest BCUT2D eigenvalue weighted by atomic mass is 9.99. The SMILES string of the molecule is COc1ccc(S(=O)(=O)NC[C@](O)(c2ccco2)c2cccs2)cc1Cl. The first-order valence-electron chi connectivity index (χ1n) is 7.50. The van der Waals surface area contributed by atoms with Crippen molar-refractivity contribution in [1.82, 2.24) is 4.72 Å². The average Bonchev–Trinajstić information content (AvgIpc) is 3.33. The normalized spacial score (nSPS) is 14.1. The van der Waals surface area contributed by atoms with Gasteiger partial charge >= 0.3 is 0 Å². The van der Waals surface area contributed by atoms with E-state index in [-0.39, 0.29) is 22.2 Å². The van der Waals surface area contributed by atoms with Gasteiger partial charge in [0.25, 0.3) is 0 Å². The Hall–Kier alpha value is -1.84. The average molecular weight is 414 g/mol. The number of hydrogen-bond donors (Lipinski definition) is 2. The van der Waals surface area contributed by atoms with Crippen molar-refractivity contribution in [2.75, 3.05) is 13.7 Å². The van der Waals surface area contributed by atoms with Gasteiger partial charge in [0.2, 0.25) is 10.0 Å². The van der Waals surface area contributed by atoms with Crippen molar-refractivity contribution in [2.24, 2.45) is 0 Å². The fraction of sp³-hybridized carbons (Fsp3) is 0.176. The van der Waals surface area contributed by atoms with Crippen LogP contribution >= 0.6 is 22.9 Å². The number of rotatable bonds is 7. The number of benzene rings is 1. The van der Waals surface area contributed by atoms with Gasteiger partial charge < -0.3 is 14.3 Å². The zero-order chi connectivity index (χ0) is 18.8. The van der Waals surface area contributed by atoms with E-state index in [1.807, 2.05) is 0 Å². The quantitative estimate of drug-likeness (QED) is 0.620. The van der Waals surface area contributed by atoms with Crippen LogP contribution in [-0.4, -0.2) is 27.2 Å². The topological polar surface area (TPSA) is 88.8 Å². The Morgan fingerprint density at radius 2 is 2.12 bits per heavy atom. The Morgan fingerprint density at radius 1 is 1.31 bits per heavy atom. The lowest BCUT2D eigenvalue weighted by Gasteiger charge is -2.25. The van der Waals surface area contributed by atoms with Crippen molar-refractivity contribution in [3.05, 3.63) is 69.8 Å². The van der Waals surface area contributed by atoms with Crippen LogP contribution in [0.25, 0.3) is 0 Å². The lowest BCUT2D eigenvalue weighted by Crippen LogP contribution is -2.40. The van der Waals surface area contributed by atoms with Crippen LogP contribution in [0.5, 0.6) is 5.75 Å². The number of thiophene rings is 1. The number of ether oxygens (including phenoxy) is 1. The van der Waals surface area contributed by atoms with Gasteiger partial charge in [0.1, 0.15) is 11.5 Å². The van der Waals surface area contributed by atoms with Gasteiger partial charge in [-0.2, -0.15) is 0 Å². The van der Waals surface area contributed by atoms with Gasteiger partial charge in [-0.15, -0.1) is 11.3 Å². The molecule has 0 aliphatic carbocycles. The Kier molecular flexibility index (Phi) is 5.40. The smallest absolute Gasteiger partial charge is 0.240 e. The van der Waals surface area contributed by atoms with Gasteiger partial charge in [-0.3, -0.25) is 0 Å². The summed E-state index contributed by atoms with van der Waals surface area (Å²) in [4.78, 5) is 0.527. The largest absolute Gasteiger partial charge is 0.495 e. The maximum absolute atomic E-state index is 12.6. The lowest BCUT2D eigenvalue weighted by molar-refractivity contribution is 0.0655. The van der Waals surface area contributed by atoms with Gasteiger partial charge in [-0.1, -0.05) is 17.7 Å². The molecule has 2 heterocycles. The van der Waals surface area contributed by atoms with Crippen molar-refractivity contribution in [2.45, 2.75) is 10.5 Å². The molecule has 0 bridgehead atoms. The number of methoxy groups -OCH3 is 1. The second-order valence-corrected chi connectivity index (χ2v) is 8.56. The minimum atomic E-state index is -3.91. The highest BCUT2D eigenvalue weighted by molar-refractivity contribution is 7.89. The van der Waals surface area contributed by atoms with Gasteiger partial charge in [-0.25, -0.2) is 13.1 Å². The van der Waals surface area contributed by atoms with E-state index in [1.54, 1.807) is 29.6 Å². The van der Waals surface area contributed by atoms with Gasteiger partial charge in [0.05, 0.1) is 29.8 Å². The maximum Gasteiger partial charge on any atom is 0.240 e. The van der Waals surface area contributed by atoms with Gasteiger partial charge in [-0.05, 0) is 41.8 Å². The molecule has 0 amide bonds. The second-order valence-electron chi connectivity index (χ2n) is 5.44. The molecule has 0 unspecified atom stereocenters. The van der Waals surface area contributed by atoms with Gasteiger partial charge in [0.15, 0.2) is 5.60 Å². The number of aliphatic hydroxyl groups is 1. The third-order valence-electron chi connectivity index (χ3n) is 3.81. The van der Waals surface area contributed by atoms with Crippen LogP contribution in [0.15, 0.2) is 63.4 Å². The van der Waals surface area contributed by atoms with Crippen LogP contribution in [0.1, 0.15) is 10.6 Å². The van der Waals surface area contributed by atoms with Crippen LogP contribution in [0, 0.1) is 0 Å². The molecule has 1 aromatic carbocycles. The van der Waals surface area contributed by atoms with E-state index in [1.165, 1.54) is 42.9 Å². The molecule has 9 heteroatoms. The van der Waals surface area contributed by atoms with E-state index >= 15 is 0 Å². The summed E-state index contributed by atoms with van der Waals surface area (Å²) in [5.41, 5.74) is -1.62. The van der Waals surface area contributed by atoms with Crippen LogP contribution in [0.2, 0.25) is 5.02 Å². The zero-order valence-electron chi connectivity index (χ0n) is 13.7. The highest BCUT2D eigenvalue weighted by Gasteiger charge is 2.37. The van der Waals surface area contributed by atoms with Crippen molar-refractivity contribution in [3.8, 4) is 5.75 Å². The minimum absolute atomic E-state index is 0.0312. The van der Waals surface area contributed by atoms with Crippen molar-refractivity contribution < 1.29 is 22.7 Å². The first kappa shape index (κ1) is 18.9. The highest BCUT2D eigenvalue weighted by atomic mass is 35.5. The molecule has 0 aliphatic heterocycles. The van der Waals surface area contributed by atoms with Crippen LogP contribution in [0.4, 0.5) is 0 Å². The van der Waals surface area contributed by atoms with E-state index in [0.29, 0.717) is 10.6 Å². The molecule has 0 radical (unpaired) electrons. The van der Waals surface area contributed by atoms with E-state index in [9.17, 15) is 13.5 Å². The first-order valence-corrected chi connectivity index (χ1v) is 10.2. The van der Waals surface area contributed by atoms with E-state index in [4.69, 9.17) is 20.8 Å². The molecule has 3 rings (SSSR count). The first-order chi connectivity index (χ1) is 12.4. The summed E-state index contributed by atoms with van der Waals surface area (Å²) in [6, 6.07) is 10.8. The molecule has 0 spiro atoms. The third kappa shape index (κ3) is 3.65. The number of nitrogens with one attached hydrogen (secondary N) is 1. The summed E-state index contributed by atoms with van der Waals surface area (Å²) in [5.74, 6) is 0.617. The highest BCUT2D eigenvalue weighted by Crippen LogP contribution is 2.33. The van der Waals surface area contributed by atoms with Crippen LogP contribution in [0.3, 0.4) is 0 Å². The maximum atomic E-state index is 12.6. The number of sulfonamides is 1. The van der Waals surface area contributed by atoms with Crippen LogP contribution in [-0.2, 0) is 15.6 Å². The summed E-state index contributed by atoms with van der Waals surface area (Å²) in [7, 11) is -2.47. The monoisotopic (exact) mass is 413 g/mol. The molecule has 2 N–H and O–H groups in total. The predicted molar refractivity (Wildman–Crippen MR) is 99.2 cm³/mol. The van der Waals surface area contributed by atoms with Crippen LogP contribution < -0.4 is 9.46 Å². The third-order valence-corrected chi connectivity index (χ3v) is 6.52. The fourth-order valence-electron chi connectivity index (χ4n) is 2.42. The van der Waals surface area contributed by atoms with Crippen molar-refractivity contribution in [3.63, 3.8) is 0 Å². The summed E-state index contributed by atoms with van der Waals surface area (Å²) >= 11 is 7.31. The molecule has 0 fully saturated rings. The number of furan rings is 1. The molecule has 3 aromatic rings. The Labute approximate surface area is 160 Å². The Bertz CT molecular complexity index is 935. The van der Waals surface area contributed by atoms with Crippen molar-refractivity contribution >= 4 is 33.0 Å². The predicted octanol–water partition coefficient (Wildman–Crippen LogP) is 3.22. The van der Waals surface area contributed by atoms with E-state index < -0.39 is 15.6 Å². The molecule has 0 saturated heterocycles. The molecular formula is C17H16ClNO5S2. The summed E-state index contributed by atoms with van der Waals surface area (Å²) in [5, 5.41) is 13.1. The summed E-state index contributed by atoms with van der Waals surface area (Å²) in [6.45, 7) is -0.299. The minimum Gasteiger partial charge on any atom is -0.495 e. The number of halogens is 1.